The van der Waals surface area contributed by atoms with E-state index in [0.717, 1.165) is 18.9 Å². The van der Waals surface area contributed by atoms with Crippen LogP contribution in [-0.2, 0) is 4.74 Å². The molecule has 0 radical (unpaired) electrons. The molecule has 0 fully saturated rings. The van der Waals surface area contributed by atoms with E-state index < -0.39 is 17.2 Å². The van der Waals surface area contributed by atoms with Gasteiger partial charge in [-0.3, -0.25) is 0 Å². The van der Waals surface area contributed by atoms with Crippen molar-refractivity contribution < 1.29 is 13.5 Å². The van der Waals surface area contributed by atoms with Crippen LogP contribution < -0.4 is 5.32 Å². The van der Waals surface area contributed by atoms with Crippen molar-refractivity contribution in [2.45, 2.75) is 52.2 Å². The van der Waals surface area contributed by atoms with Gasteiger partial charge in [-0.05, 0) is 44.0 Å². The quantitative estimate of drug-likeness (QED) is 0.772. The van der Waals surface area contributed by atoms with E-state index in [2.05, 4.69) is 5.32 Å². The molecule has 0 aliphatic heterocycles. The van der Waals surface area contributed by atoms with Crippen LogP contribution in [0.1, 0.15) is 52.1 Å². The van der Waals surface area contributed by atoms with E-state index in [1.54, 1.807) is 0 Å². The van der Waals surface area contributed by atoms with Gasteiger partial charge in [0, 0.05) is 12.7 Å². The van der Waals surface area contributed by atoms with E-state index in [0.29, 0.717) is 18.7 Å². The summed E-state index contributed by atoms with van der Waals surface area (Å²) in [5.41, 5.74) is 0.145. The molecule has 1 rings (SSSR count). The molecule has 1 atom stereocenters. The Hall–Kier alpha value is -1.00. The fourth-order valence-electron chi connectivity index (χ4n) is 2.79. The van der Waals surface area contributed by atoms with Gasteiger partial charge in [-0.2, -0.15) is 0 Å². The van der Waals surface area contributed by atoms with Gasteiger partial charge < -0.3 is 10.1 Å². The van der Waals surface area contributed by atoms with Crippen LogP contribution in [0.2, 0.25) is 0 Å². The second kappa shape index (κ2) is 7.70. The van der Waals surface area contributed by atoms with E-state index in [-0.39, 0.29) is 6.04 Å². The molecule has 1 N–H and O–H groups in total. The van der Waals surface area contributed by atoms with E-state index in [9.17, 15) is 8.78 Å². The third kappa shape index (κ3) is 3.76. The van der Waals surface area contributed by atoms with Gasteiger partial charge in [-0.15, -0.1) is 0 Å². The van der Waals surface area contributed by atoms with Crippen molar-refractivity contribution in [2.24, 2.45) is 0 Å². The van der Waals surface area contributed by atoms with E-state index in [1.807, 2.05) is 27.7 Å². The Morgan fingerprint density at radius 1 is 1.05 bits per heavy atom. The van der Waals surface area contributed by atoms with E-state index >= 15 is 0 Å². The highest BCUT2D eigenvalue weighted by molar-refractivity contribution is 5.24. The highest BCUT2D eigenvalue weighted by Crippen LogP contribution is 2.36. The van der Waals surface area contributed by atoms with E-state index in [4.69, 9.17) is 4.74 Å². The van der Waals surface area contributed by atoms with Gasteiger partial charge in [-0.25, -0.2) is 8.78 Å². The molecule has 20 heavy (non-hydrogen) atoms. The van der Waals surface area contributed by atoms with Gasteiger partial charge >= 0.3 is 0 Å². The number of rotatable bonds is 8. The third-order valence-electron chi connectivity index (χ3n) is 3.78. The number of ether oxygens (including phenoxy) is 1. The maximum absolute atomic E-state index is 13.5. The summed E-state index contributed by atoms with van der Waals surface area (Å²) in [4.78, 5) is 0. The molecule has 0 amide bonds. The summed E-state index contributed by atoms with van der Waals surface area (Å²) in [5, 5.41) is 3.32. The largest absolute Gasteiger partial charge is 0.373 e. The second-order valence-corrected chi connectivity index (χ2v) is 4.90. The highest BCUT2D eigenvalue weighted by atomic mass is 19.1. The molecule has 0 aliphatic rings. The lowest BCUT2D eigenvalue weighted by Gasteiger charge is -2.40. The Morgan fingerprint density at radius 3 is 2.00 bits per heavy atom. The van der Waals surface area contributed by atoms with Gasteiger partial charge in [-0.1, -0.05) is 20.8 Å². The van der Waals surface area contributed by atoms with Gasteiger partial charge in [0.15, 0.2) is 0 Å². The molecule has 0 bridgehead atoms. The predicted molar refractivity (Wildman–Crippen MR) is 77.7 cm³/mol. The summed E-state index contributed by atoms with van der Waals surface area (Å²) in [6.07, 6.45) is 1.54. The summed E-state index contributed by atoms with van der Waals surface area (Å²) in [6.45, 7) is 9.28. The Bertz CT molecular complexity index is 399. The summed E-state index contributed by atoms with van der Waals surface area (Å²) in [7, 11) is 0. The van der Waals surface area contributed by atoms with Crippen LogP contribution in [0, 0.1) is 11.6 Å². The zero-order valence-corrected chi connectivity index (χ0v) is 12.8. The first-order valence-corrected chi connectivity index (χ1v) is 7.36. The van der Waals surface area contributed by atoms with Crippen LogP contribution in [-0.4, -0.2) is 18.8 Å². The Labute approximate surface area is 120 Å². The monoisotopic (exact) mass is 285 g/mol. The topological polar surface area (TPSA) is 21.3 Å². The van der Waals surface area contributed by atoms with Crippen molar-refractivity contribution in [3.63, 3.8) is 0 Å². The molecule has 4 heteroatoms. The minimum absolute atomic E-state index is 0.229. The maximum Gasteiger partial charge on any atom is 0.126 e. The van der Waals surface area contributed by atoms with Crippen molar-refractivity contribution in [2.75, 3.05) is 13.2 Å². The first kappa shape index (κ1) is 17.1. The smallest absolute Gasteiger partial charge is 0.126 e. The molecule has 0 heterocycles. The lowest BCUT2D eigenvalue weighted by Crippen LogP contribution is -2.45. The number of benzene rings is 1. The first-order chi connectivity index (χ1) is 9.52. The third-order valence-corrected chi connectivity index (χ3v) is 3.78. The zero-order chi connectivity index (χ0) is 15.2. The summed E-state index contributed by atoms with van der Waals surface area (Å²) < 4.78 is 33.0. The molecule has 0 spiro atoms. The normalized spacial score (nSPS) is 13.5. The van der Waals surface area contributed by atoms with E-state index in [1.165, 1.54) is 12.1 Å². The highest BCUT2D eigenvalue weighted by Gasteiger charge is 2.37. The van der Waals surface area contributed by atoms with Crippen molar-refractivity contribution in [1.82, 2.24) is 5.32 Å². The average Bonchev–Trinajstić information content (AvgIpc) is 2.41. The minimum Gasteiger partial charge on any atom is -0.373 e. The molecule has 114 valence electrons. The molecule has 0 aromatic heterocycles. The Kier molecular flexibility index (Phi) is 6.56. The molecule has 1 aromatic carbocycles. The number of likely N-dealkylation sites (N-methyl/N-ethyl adjacent to an activating group) is 1. The zero-order valence-electron chi connectivity index (χ0n) is 12.8. The van der Waals surface area contributed by atoms with Gasteiger partial charge in [0.1, 0.15) is 11.6 Å². The summed E-state index contributed by atoms with van der Waals surface area (Å²) >= 11 is 0. The van der Waals surface area contributed by atoms with Gasteiger partial charge in [0.25, 0.3) is 0 Å². The Morgan fingerprint density at radius 2 is 1.60 bits per heavy atom. The molecular weight excluding hydrogens is 260 g/mol. The minimum atomic E-state index is -0.555. The molecule has 0 aliphatic carbocycles. The lowest BCUT2D eigenvalue weighted by atomic mass is 9.83. The van der Waals surface area contributed by atoms with Crippen molar-refractivity contribution in [1.29, 1.82) is 0 Å². The summed E-state index contributed by atoms with van der Waals surface area (Å²) in [6, 6.07) is 3.44. The SMILES string of the molecule is CCNC(c1cc(F)cc(F)c1)C(CC)(CC)OCC. The number of halogens is 2. The molecule has 1 unspecified atom stereocenters. The van der Waals surface area contributed by atoms with Gasteiger partial charge in [0.2, 0.25) is 0 Å². The average molecular weight is 285 g/mol. The van der Waals surface area contributed by atoms with Crippen LogP contribution in [0.15, 0.2) is 18.2 Å². The first-order valence-electron chi connectivity index (χ1n) is 7.36. The van der Waals surface area contributed by atoms with Crippen LogP contribution >= 0.6 is 0 Å². The van der Waals surface area contributed by atoms with Crippen molar-refractivity contribution in [3.05, 3.63) is 35.4 Å². The fourth-order valence-corrected chi connectivity index (χ4v) is 2.79. The molecular formula is C16H25F2NO. The molecule has 2 nitrogen and oxygen atoms in total. The van der Waals surface area contributed by atoms with Crippen LogP contribution in [0.25, 0.3) is 0 Å². The molecule has 1 aromatic rings. The number of hydrogen-bond acceptors (Lipinski definition) is 2. The number of nitrogens with one attached hydrogen (secondary N) is 1. The molecule has 0 saturated carbocycles. The maximum atomic E-state index is 13.5. The predicted octanol–water partition coefficient (Wildman–Crippen LogP) is 4.21. The Balaban J connectivity index is 3.25. The second-order valence-electron chi connectivity index (χ2n) is 4.90. The molecule has 0 saturated heterocycles. The lowest BCUT2D eigenvalue weighted by molar-refractivity contribution is -0.0731. The van der Waals surface area contributed by atoms with Crippen molar-refractivity contribution >= 4 is 0 Å². The fraction of sp³-hybridized carbons (Fsp3) is 0.625. The standard InChI is InChI=1S/C16H25F2NO/c1-5-16(6-2,20-8-4)15(19-7-3)12-9-13(17)11-14(18)10-12/h9-11,15,19H,5-8H2,1-4H3. The van der Waals surface area contributed by atoms with Crippen LogP contribution in [0.5, 0.6) is 0 Å². The van der Waals surface area contributed by atoms with Crippen LogP contribution in [0.4, 0.5) is 8.78 Å². The van der Waals surface area contributed by atoms with Gasteiger partial charge in [0.05, 0.1) is 11.6 Å². The summed E-state index contributed by atoms with van der Waals surface area (Å²) in [5.74, 6) is -1.11. The number of hydrogen-bond donors (Lipinski definition) is 1. The van der Waals surface area contributed by atoms with Crippen molar-refractivity contribution in [3.8, 4) is 0 Å². The van der Waals surface area contributed by atoms with Crippen LogP contribution in [0.3, 0.4) is 0 Å².